The Labute approximate surface area is 70.1 Å². The van der Waals surface area contributed by atoms with Gasteiger partial charge in [0.2, 0.25) is 0 Å². The first kappa shape index (κ1) is 8.37. The molecule has 2 N–H and O–H groups in total. The van der Waals surface area contributed by atoms with Crippen LogP contribution >= 0.6 is 11.6 Å². The molecule has 60 valence electrons. The molecule has 0 amide bonds. The molecule has 11 heavy (non-hydrogen) atoms. The summed E-state index contributed by atoms with van der Waals surface area (Å²) in [6, 6.07) is 2.98. The average Bonchev–Trinajstić information content (AvgIpc) is 1.85. The molecule has 0 atom stereocenters. The minimum Gasteiger partial charge on any atom is -0.508 e. The normalized spacial score (nSPS) is 10.1. The van der Waals surface area contributed by atoms with Crippen molar-refractivity contribution in [1.82, 2.24) is 0 Å². The fourth-order valence-corrected chi connectivity index (χ4v) is 1.28. The third-order valence-corrected chi connectivity index (χ3v) is 1.90. The van der Waals surface area contributed by atoms with Gasteiger partial charge in [-0.2, -0.15) is 0 Å². The largest absolute Gasteiger partial charge is 0.508 e. The Hall–Kier alpha value is -0.730. The number of halogens is 1. The number of benzene rings is 1. The van der Waals surface area contributed by atoms with E-state index >= 15 is 0 Å². The molecule has 2 nitrogen and oxygen atoms in total. The summed E-state index contributed by atoms with van der Waals surface area (Å²) in [7, 11) is 0. The Morgan fingerprint density at radius 3 is 2.55 bits per heavy atom. The van der Waals surface area contributed by atoms with Gasteiger partial charge in [0, 0.05) is 0 Å². The molecule has 0 aromatic heterocycles. The maximum absolute atomic E-state index is 9.05. The van der Waals surface area contributed by atoms with E-state index in [1.807, 2.05) is 0 Å². The van der Waals surface area contributed by atoms with Gasteiger partial charge in [-0.3, -0.25) is 0 Å². The molecule has 0 aliphatic rings. The van der Waals surface area contributed by atoms with Crippen LogP contribution in [0.5, 0.6) is 5.75 Å². The van der Waals surface area contributed by atoms with E-state index < -0.39 is 0 Å². The molecule has 0 fully saturated rings. The Bertz CT molecular complexity index is 248. The molecule has 0 spiro atoms. The molecular weight excluding hydrogens is 164 g/mol. The molecule has 3 heteroatoms. The van der Waals surface area contributed by atoms with Crippen LogP contribution in [-0.2, 0) is 6.61 Å². The number of hydrogen-bond donors (Lipinski definition) is 2. The smallest absolute Gasteiger partial charge is 0.117 e. The van der Waals surface area contributed by atoms with Gasteiger partial charge in [0.25, 0.3) is 0 Å². The van der Waals surface area contributed by atoms with E-state index in [9.17, 15) is 0 Å². The van der Waals surface area contributed by atoms with Crippen molar-refractivity contribution in [3.05, 3.63) is 28.3 Å². The van der Waals surface area contributed by atoms with E-state index in [0.717, 1.165) is 5.56 Å². The van der Waals surface area contributed by atoms with Gasteiger partial charge < -0.3 is 10.2 Å². The number of aryl methyl sites for hydroxylation is 1. The lowest BCUT2D eigenvalue weighted by Crippen LogP contribution is -1.89. The first-order valence-electron chi connectivity index (χ1n) is 3.24. The molecular formula is C8H9ClO2. The highest BCUT2D eigenvalue weighted by atomic mass is 35.5. The quantitative estimate of drug-likeness (QED) is 0.679. The molecule has 1 aromatic rings. The Morgan fingerprint density at radius 2 is 2.09 bits per heavy atom. The second-order valence-electron chi connectivity index (χ2n) is 2.38. The highest BCUT2D eigenvalue weighted by molar-refractivity contribution is 6.31. The SMILES string of the molecule is Cc1cc(O)cc(Cl)c1CO. The predicted molar refractivity (Wildman–Crippen MR) is 43.8 cm³/mol. The highest BCUT2D eigenvalue weighted by Crippen LogP contribution is 2.25. The zero-order chi connectivity index (χ0) is 8.43. The van der Waals surface area contributed by atoms with Gasteiger partial charge >= 0.3 is 0 Å². The van der Waals surface area contributed by atoms with Crippen molar-refractivity contribution >= 4 is 11.6 Å². The molecule has 0 unspecified atom stereocenters. The first-order chi connectivity index (χ1) is 5.15. The van der Waals surface area contributed by atoms with Gasteiger partial charge in [-0.25, -0.2) is 0 Å². The van der Waals surface area contributed by atoms with Gasteiger partial charge in [-0.1, -0.05) is 11.6 Å². The molecule has 0 bridgehead atoms. The first-order valence-corrected chi connectivity index (χ1v) is 3.62. The van der Waals surface area contributed by atoms with Crippen molar-refractivity contribution in [1.29, 1.82) is 0 Å². The maximum atomic E-state index is 9.05. The molecule has 0 heterocycles. The zero-order valence-corrected chi connectivity index (χ0v) is 6.89. The van der Waals surface area contributed by atoms with E-state index in [2.05, 4.69) is 0 Å². The summed E-state index contributed by atoms with van der Waals surface area (Å²) < 4.78 is 0. The average molecular weight is 173 g/mol. The Morgan fingerprint density at radius 1 is 1.45 bits per heavy atom. The monoisotopic (exact) mass is 172 g/mol. The van der Waals surface area contributed by atoms with Crippen molar-refractivity contribution in [2.45, 2.75) is 13.5 Å². The van der Waals surface area contributed by atoms with Gasteiger partial charge in [-0.05, 0) is 30.2 Å². The second kappa shape index (κ2) is 3.11. The van der Waals surface area contributed by atoms with Crippen molar-refractivity contribution < 1.29 is 10.2 Å². The summed E-state index contributed by atoms with van der Waals surface area (Å²) in [5.74, 6) is 0.129. The Kier molecular flexibility index (Phi) is 2.37. The molecule has 0 saturated carbocycles. The van der Waals surface area contributed by atoms with E-state index in [4.69, 9.17) is 21.8 Å². The minimum absolute atomic E-state index is 0.0923. The molecule has 0 aliphatic heterocycles. The van der Waals surface area contributed by atoms with Crippen LogP contribution in [0.2, 0.25) is 5.02 Å². The maximum Gasteiger partial charge on any atom is 0.117 e. The summed E-state index contributed by atoms with van der Waals surface area (Å²) in [4.78, 5) is 0. The van der Waals surface area contributed by atoms with Gasteiger partial charge in [-0.15, -0.1) is 0 Å². The van der Waals surface area contributed by atoms with Gasteiger partial charge in [0.15, 0.2) is 0 Å². The fraction of sp³-hybridized carbons (Fsp3) is 0.250. The Balaban J connectivity index is 3.25. The van der Waals surface area contributed by atoms with Crippen LogP contribution in [0, 0.1) is 6.92 Å². The van der Waals surface area contributed by atoms with Crippen LogP contribution in [0.1, 0.15) is 11.1 Å². The topological polar surface area (TPSA) is 40.5 Å². The third kappa shape index (κ3) is 1.64. The van der Waals surface area contributed by atoms with E-state index in [1.54, 1.807) is 13.0 Å². The number of hydrogen-bond acceptors (Lipinski definition) is 2. The second-order valence-corrected chi connectivity index (χ2v) is 2.79. The van der Waals surface area contributed by atoms with Crippen molar-refractivity contribution in [3.8, 4) is 5.75 Å². The van der Waals surface area contributed by atoms with E-state index in [-0.39, 0.29) is 12.4 Å². The molecule has 0 saturated heterocycles. The van der Waals surface area contributed by atoms with Gasteiger partial charge in [0.05, 0.1) is 11.6 Å². The van der Waals surface area contributed by atoms with E-state index in [0.29, 0.717) is 10.6 Å². The summed E-state index contributed by atoms with van der Waals surface area (Å²) in [6.07, 6.45) is 0. The van der Waals surface area contributed by atoms with Crippen molar-refractivity contribution in [3.63, 3.8) is 0 Å². The summed E-state index contributed by atoms with van der Waals surface area (Å²) >= 11 is 5.71. The fourth-order valence-electron chi connectivity index (χ4n) is 0.956. The van der Waals surface area contributed by atoms with Crippen LogP contribution in [-0.4, -0.2) is 10.2 Å². The lowest BCUT2D eigenvalue weighted by Gasteiger charge is -2.04. The van der Waals surface area contributed by atoms with Crippen LogP contribution in [0.15, 0.2) is 12.1 Å². The molecule has 1 aromatic carbocycles. The molecule has 1 rings (SSSR count). The van der Waals surface area contributed by atoms with Gasteiger partial charge in [0.1, 0.15) is 5.75 Å². The minimum atomic E-state index is -0.0923. The van der Waals surface area contributed by atoms with Crippen molar-refractivity contribution in [2.24, 2.45) is 0 Å². The predicted octanol–water partition coefficient (Wildman–Crippen LogP) is 1.85. The van der Waals surface area contributed by atoms with E-state index in [1.165, 1.54) is 6.07 Å². The molecule has 0 radical (unpaired) electrons. The summed E-state index contributed by atoms with van der Waals surface area (Å²) in [5.41, 5.74) is 1.47. The van der Waals surface area contributed by atoms with Crippen LogP contribution < -0.4 is 0 Å². The number of aliphatic hydroxyl groups excluding tert-OH is 1. The van der Waals surface area contributed by atoms with Crippen LogP contribution in [0.3, 0.4) is 0 Å². The third-order valence-electron chi connectivity index (χ3n) is 1.56. The highest BCUT2D eigenvalue weighted by Gasteiger charge is 2.03. The zero-order valence-electron chi connectivity index (χ0n) is 6.13. The number of aromatic hydroxyl groups is 1. The summed E-state index contributed by atoms with van der Waals surface area (Å²) in [6.45, 7) is 1.70. The standard InChI is InChI=1S/C8H9ClO2/c1-5-2-6(11)3-8(9)7(5)4-10/h2-3,10-11H,4H2,1H3. The van der Waals surface area contributed by atoms with Crippen LogP contribution in [0.4, 0.5) is 0 Å². The molecule has 0 aliphatic carbocycles. The number of rotatable bonds is 1. The number of aliphatic hydroxyl groups is 1. The number of phenols is 1. The lowest BCUT2D eigenvalue weighted by atomic mass is 10.1. The number of phenolic OH excluding ortho intramolecular Hbond substituents is 1. The summed E-state index contributed by atoms with van der Waals surface area (Å²) in [5, 5.41) is 18.3. The lowest BCUT2D eigenvalue weighted by molar-refractivity contribution is 0.281. The van der Waals surface area contributed by atoms with Crippen LogP contribution in [0.25, 0.3) is 0 Å². The van der Waals surface area contributed by atoms with Crippen molar-refractivity contribution in [2.75, 3.05) is 0 Å².